The second-order valence-corrected chi connectivity index (χ2v) is 7.32. The number of halogens is 3. The summed E-state index contributed by atoms with van der Waals surface area (Å²) in [5, 5.41) is 1.23. The molecule has 1 heterocycles. The minimum atomic E-state index is -4.45. The van der Waals surface area contributed by atoms with Gasteiger partial charge >= 0.3 is 6.18 Å². The molecular formula is C22H15F3O. The molecule has 4 heteroatoms. The number of furan rings is 1. The van der Waals surface area contributed by atoms with Crippen molar-refractivity contribution in [1.82, 2.24) is 0 Å². The van der Waals surface area contributed by atoms with Crippen LogP contribution in [0.15, 0.2) is 59.0 Å². The van der Waals surface area contributed by atoms with Crippen molar-refractivity contribution < 1.29 is 17.6 Å². The van der Waals surface area contributed by atoms with Crippen molar-refractivity contribution in [2.24, 2.45) is 0 Å². The Labute approximate surface area is 148 Å². The standard InChI is InChI=1S/C22H15F3O/c1-21(2)16-8-4-3-6-12(16)13-10-11-15-14-7-5-9-17(22(23,24)25)19(14)26-20(15)18(13)21/h3-11H,1-2H3. The molecule has 26 heavy (non-hydrogen) atoms. The summed E-state index contributed by atoms with van der Waals surface area (Å²) < 4.78 is 46.2. The highest BCUT2D eigenvalue weighted by Gasteiger charge is 2.39. The van der Waals surface area contributed by atoms with E-state index in [2.05, 4.69) is 26.0 Å². The van der Waals surface area contributed by atoms with Crippen molar-refractivity contribution in [2.45, 2.75) is 25.4 Å². The zero-order valence-electron chi connectivity index (χ0n) is 14.2. The molecule has 0 spiro atoms. The maximum Gasteiger partial charge on any atom is 0.420 e. The quantitative estimate of drug-likeness (QED) is 0.335. The van der Waals surface area contributed by atoms with Gasteiger partial charge in [-0.3, -0.25) is 0 Å². The van der Waals surface area contributed by atoms with Gasteiger partial charge in [0, 0.05) is 21.8 Å². The monoisotopic (exact) mass is 352 g/mol. The summed E-state index contributed by atoms with van der Waals surface area (Å²) in [5.74, 6) is 0. The number of benzene rings is 3. The highest BCUT2D eigenvalue weighted by Crippen LogP contribution is 2.52. The Morgan fingerprint density at radius 1 is 0.769 bits per heavy atom. The van der Waals surface area contributed by atoms with Crippen LogP contribution in [0.2, 0.25) is 0 Å². The van der Waals surface area contributed by atoms with Crippen molar-refractivity contribution >= 4 is 21.9 Å². The van der Waals surface area contributed by atoms with Gasteiger partial charge in [-0.2, -0.15) is 13.2 Å². The summed E-state index contributed by atoms with van der Waals surface area (Å²) in [6, 6.07) is 16.2. The number of rotatable bonds is 0. The lowest BCUT2D eigenvalue weighted by Gasteiger charge is -2.21. The van der Waals surface area contributed by atoms with Gasteiger partial charge in [0.05, 0.1) is 5.56 Å². The average molecular weight is 352 g/mol. The molecule has 4 aromatic rings. The third-order valence-electron chi connectivity index (χ3n) is 5.49. The van der Waals surface area contributed by atoms with Crippen LogP contribution in [0.1, 0.15) is 30.5 Å². The molecule has 0 aliphatic heterocycles. The Morgan fingerprint density at radius 2 is 1.50 bits per heavy atom. The molecule has 1 aliphatic rings. The van der Waals surface area contributed by atoms with Gasteiger partial charge in [-0.1, -0.05) is 56.3 Å². The van der Waals surface area contributed by atoms with Crippen molar-refractivity contribution in [3.63, 3.8) is 0 Å². The number of hydrogen-bond donors (Lipinski definition) is 0. The van der Waals surface area contributed by atoms with Crippen LogP contribution in [0.3, 0.4) is 0 Å². The van der Waals surface area contributed by atoms with E-state index in [1.54, 1.807) is 6.07 Å². The molecule has 0 N–H and O–H groups in total. The van der Waals surface area contributed by atoms with Crippen LogP contribution >= 0.6 is 0 Å². The molecule has 1 aromatic heterocycles. The van der Waals surface area contributed by atoms with Gasteiger partial charge in [0.15, 0.2) is 0 Å². The van der Waals surface area contributed by atoms with E-state index < -0.39 is 11.7 Å². The van der Waals surface area contributed by atoms with Gasteiger partial charge in [-0.15, -0.1) is 0 Å². The zero-order valence-corrected chi connectivity index (χ0v) is 14.2. The second-order valence-electron chi connectivity index (χ2n) is 7.32. The molecule has 130 valence electrons. The molecule has 0 atom stereocenters. The number of hydrogen-bond acceptors (Lipinski definition) is 1. The smallest absolute Gasteiger partial charge is 0.420 e. The molecule has 0 radical (unpaired) electrons. The highest BCUT2D eigenvalue weighted by atomic mass is 19.4. The summed E-state index contributed by atoms with van der Waals surface area (Å²) in [5.41, 5.74) is 3.67. The van der Waals surface area contributed by atoms with Crippen LogP contribution in [-0.4, -0.2) is 0 Å². The Bertz CT molecular complexity index is 1200. The van der Waals surface area contributed by atoms with E-state index in [0.29, 0.717) is 11.0 Å². The Hall–Kier alpha value is -2.75. The molecular weight excluding hydrogens is 337 g/mol. The lowest BCUT2D eigenvalue weighted by molar-refractivity contribution is -0.136. The van der Waals surface area contributed by atoms with E-state index in [4.69, 9.17) is 4.42 Å². The Morgan fingerprint density at radius 3 is 2.27 bits per heavy atom. The fraction of sp³-hybridized carbons (Fsp3) is 0.182. The Kier molecular flexibility index (Phi) is 2.80. The van der Waals surface area contributed by atoms with Gasteiger partial charge in [0.1, 0.15) is 11.2 Å². The summed E-state index contributed by atoms with van der Waals surface area (Å²) >= 11 is 0. The Balaban J connectivity index is 1.94. The van der Waals surface area contributed by atoms with E-state index in [1.165, 1.54) is 11.6 Å². The maximum absolute atomic E-state index is 13.4. The summed E-state index contributed by atoms with van der Waals surface area (Å²) in [4.78, 5) is 0. The first kappa shape index (κ1) is 15.5. The van der Waals surface area contributed by atoms with Gasteiger partial charge in [0.2, 0.25) is 0 Å². The van der Waals surface area contributed by atoms with E-state index in [-0.39, 0.29) is 11.0 Å². The molecule has 0 fully saturated rings. The number of fused-ring (bicyclic) bond motifs is 7. The third-order valence-corrected chi connectivity index (χ3v) is 5.49. The number of para-hydroxylation sites is 1. The average Bonchev–Trinajstić information content (AvgIpc) is 3.08. The van der Waals surface area contributed by atoms with Crippen molar-refractivity contribution in [3.05, 3.63) is 71.3 Å². The second kappa shape index (κ2) is 4.70. The molecule has 0 amide bonds. The molecule has 3 aromatic carbocycles. The van der Waals surface area contributed by atoms with Crippen molar-refractivity contribution in [1.29, 1.82) is 0 Å². The largest absolute Gasteiger partial charge is 0.455 e. The van der Waals surface area contributed by atoms with Gasteiger partial charge in [0.25, 0.3) is 0 Å². The van der Waals surface area contributed by atoms with E-state index in [1.807, 2.05) is 24.3 Å². The van der Waals surface area contributed by atoms with Crippen LogP contribution < -0.4 is 0 Å². The topological polar surface area (TPSA) is 13.1 Å². The normalized spacial score (nSPS) is 15.4. The van der Waals surface area contributed by atoms with Gasteiger partial charge < -0.3 is 4.42 Å². The summed E-state index contributed by atoms with van der Waals surface area (Å²) in [7, 11) is 0. The van der Waals surface area contributed by atoms with Crippen LogP contribution in [0.25, 0.3) is 33.1 Å². The maximum atomic E-state index is 13.4. The molecule has 0 bridgehead atoms. The fourth-order valence-corrected chi connectivity index (χ4v) is 4.33. The van der Waals surface area contributed by atoms with E-state index in [0.717, 1.165) is 28.1 Å². The molecule has 0 saturated heterocycles. The zero-order chi connectivity index (χ0) is 18.3. The van der Waals surface area contributed by atoms with Gasteiger partial charge in [-0.05, 0) is 28.8 Å². The first-order valence-corrected chi connectivity index (χ1v) is 8.46. The lowest BCUT2D eigenvalue weighted by atomic mass is 9.82. The minimum absolute atomic E-state index is 0.0878. The van der Waals surface area contributed by atoms with Crippen molar-refractivity contribution in [3.8, 4) is 11.1 Å². The first-order chi connectivity index (χ1) is 12.3. The molecule has 1 nitrogen and oxygen atoms in total. The molecule has 5 rings (SSSR count). The molecule has 0 unspecified atom stereocenters. The SMILES string of the molecule is CC1(C)c2ccccc2-c2ccc3c(oc4c(C(F)(F)F)cccc43)c21. The van der Waals surface area contributed by atoms with E-state index >= 15 is 0 Å². The molecule has 0 saturated carbocycles. The predicted molar refractivity (Wildman–Crippen MR) is 96.3 cm³/mol. The summed E-state index contributed by atoms with van der Waals surface area (Å²) in [6.45, 7) is 4.18. The van der Waals surface area contributed by atoms with Crippen LogP contribution in [0, 0.1) is 0 Å². The van der Waals surface area contributed by atoms with Crippen LogP contribution in [-0.2, 0) is 11.6 Å². The van der Waals surface area contributed by atoms with Crippen LogP contribution in [0.4, 0.5) is 13.2 Å². The first-order valence-electron chi connectivity index (χ1n) is 8.46. The van der Waals surface area contributed by atoms with E-state index in [9.17, 15) is 13.2 Å². The molecule has 1 aliphatic carbocycles. The minimum Gasteiger partial charge on any atom is -0.455 e. The van der Waals surface area contributed by atoms with Crippen LogP contribution in [0.5, 0.6) is 0 Å². The third kappa shape index (κ3) is 1.82. The summed E-state index contributed by atoms with van der Waals surface area (Å²) in [6.07, 6.45) is -4.45. The predicted octanol–water partition coefficient (Wildman–Crippen LogP) is 6.91. The lowest BCUT2D eigenvalue weighted by Crippen LogP contribution is -2.15. The fourth-order valence-electron chi connectivity index (χ4n) is 4.33. The number of alkyl halides is 3. The highest BCUT2D eigenvalue weighted by molar-refractivity contribution is 6.09. The van der Waals surface area contributed by atoms with Gasteiger partial charge in [-0.25, -0.2) is 0 Å². The van der Waals surface area contributed by atoms with Crippen molar-refractivity contribution in [2.75, 3.05) is 0 Å².